The van der Waals surface area contributed by atoms with Gasteiger partial charge in [-0.15, -0.1) is 0 Å². The van der Waals surface area contributed by atoms with E-state index in [4.69, 9.17) is 9.47 Å². The molecule has 4 nitrogen and oxygen atoms in total. The molecule has 0 radical (unpaired) electrons. The summed E-state index contributed by atoms with van der Waals surface area (Å²) in [5, 5.41) is 19.2. The van der Waals surface area contributed by atoms with Gasteiger partial charge in [0.2, 0.25) is 0 Å². The maximum Gasteiger partial charge on any atom is 0.147 e. The standard InChI is InChI=1S/C9H18O4.C2H6/c1-3-6(10)9-8(11)7(4-2)12-5-13-9;1-2/h6-11H,3-5H2,1-2H3;1-2H3/t6?,7-,8?,9?;/m1./s1. The minimum atomic E-state index is -0.714. The van der Waals surface area contributed by atoms with E-state index in [1.165, 1.54) is 0 Å². The summed E-state index contributed by atoms with van der Waals surface area (Å²) in [6.45, 7) is 7.96. The quantitative estimate of drug-likeness (QED) is 0.752. The van der Waals surface area contributed by atoms with E-state index in [0.29, 0.717) is 6.42 Å². The predicted molar refractivity (Wildman–Crippen MR) is 58.6 cm³/mol. The van der Waals surface area contributed by atoms with Gasteiger partial charge in [-0.2, -0.15) is 0 Å². The van der Waals surface area contributed by atoms with Crippen molar-refractivity contribution >= 4 is 0 Å². The van der Waals surface area contributed by atoms with E-state index in [0.717, 1.165) is 6.42 Å². The van der Waals surface area contributed by atoms with E-state index >= 15 is 0 Å². The number of aliphatic hydroxyl groups excluding tert-OH is 2. The van der Waals surface area contributed by atoms with Gasteiger partial charge >= 0.3 is 0 Å². The molecule has 0 amide bonds. The van der Waals surface area contributed by atoms with Crippen molar-refractivity contribution in [2.24, 2.45) is 0 Å². The summed E-state index contributed by atoms with van der Waals surface area (Å²) in [6.07, 6.45) is -0.708. The lowest BCUT2D eigenvalue weighted by Gasteiger charge is -2.36. The van der Waals surface area contributed by atoms with Crippen molar-refractivity contribution in [1.82, 2.24) is 0 Å². The fourth-order valence-electron chi connectivity index (χ4n) is 1.54. The maximum atomic E-state index is 9.72. The van der Waals surface area contributed by atoms with Crippen molar-refractivity contribution in [2.75, 3.05) is 6.79 Å². The van der Waals surface area contributed by atoms with Gasteiger partial charge in [-0.3, -0.25) is 0 Å². The molecule has 1 heterocycles. The molecule has 0 spiro atoms. The van der Waals surface area contributed by atoms with Crippen molar-refractivity contribution in [1.29, 1.82) is 0 Å². The average Bonchev–Trinajstić information content (AvgIpc) is 2.31. The summed E-state index contributed by atoms with van der Waals surface area (Å²) < 4.78 is 10.3. The molecule has 0 aromatic rings. The van der Waals surface area contributed by atoms with Crippen LogP contribution in [0.2, 0.25) is 0 Å². The van der Waals surface area contributed by atoms with Gasteiger partial charge in [0, 0.05) is 0 Å². The van der Waals surface area contributed by atoms with E-state index in [2.05, 4.69) is 0 Å². The molecule has 0 saturated carbocycles. The molecular formula is C11H24O4. The lowest BCUT2D eigenvalue weighted by molar-refractivity contribution is -0.251. The molecule has 0 aromatic carbocycles. The second-order valence-electron chi connectivity index (χ2n) is 3.33. The normalized spacial score (nSPS) is 32.8. The largest absolute Gasteiger partial charge is 0.390 e. The highest BCUT2D eigenvalue weighted by Gasteiger charge is 2.36. The molecule has 0 bridgehead atoms. The third kappa shape index (κ3) is 4.07. The Labute approximate surface area is 92.2 Å². The minimum absolute atomic E-state index is 0.164. The average molecular weight is 220 g/mol. The smallest absolute Gasteiger partial charge is 0.147 e. The van der Waals surface area contributed by atoms with Crippen molar-refractivity contribution in [3.8, 4) is 0 Å². The molecule has 2 N–H and O–H groups in total. The Hall–Kier alpha value is -0.160. The summed E-state index contributed by atoms with van der Waals surface area (Å²) in [5.74, 6) is 0. The van der Waals surface area contributed by atoms with Crippen LogP contribution in [0.15, 0.2) is 0 Å². The van der Waals surface area contributed by atoms with Gasteiger partial charge in [-0.05, 0) is 12.8 Å². The SMILES string of the molecule is CC.CCC(O)C1OCO[C@H](CC)C1O. The highest BCUT2D eigenvalue weighted by Crippen LogP contribution is 2.20. The molecular weight excluding hydrogens is 196 g/mol. The third-order valence-electron chi connectivity index (χ3n) is 2.46. The highest BCUT2D eigenvalue weighted by atomic mass is 16.7. The van der Waals surface area contributed by atoms with Crippen LogP contribution in [0.5, 0.6) is 0 Å². The molecule has 92 valence electrons. The second-order valence-corrected chi connectivity index (χ2v) is 3.33. The van der Waals surface area contributed by atoms with E-state index in [9.17, 15) is 10.2 Å². The van der Waals surface area contributed by atoms with Crippen LogP contribution in [-0.4, -0.2) is 41.4 Å². The third-order valence-corrected chi connectivity index (χ3v) is 2.46. The molecule has 3 unspecified atom stereocenters. The van der Waals surface area contributed by atoms with Crippen LogP contribution in [0.25, 0.3) is 0 Å². The van der Waals surface area contributed by atoms with Gasteiger partial charge in [-0.25, -0.2) is 0 Å². The Balaban J connectivity index is 0.000000921. The first-order chi connectivity index (χ1) is 7.20. The molecule has 1 saturated heterocycles. The Morgan fingerprint density at radius 3 is 2.33 bits per heavy atom. The van der Waals surface area contributed by atoms with Crippen molar-refractivity contribution in [3.05, 3.63) is 0 Å². The van der Waals surface area contributed by atoms with Crippen LogP contribution in [0.4, 0.5) is 0 Å². The van der Waals surface area contributed by atoms with Crippen molar-refractivity contribution in [2.45, 2.75) is 65.0 Å². The minimum Gasteiger partial charge on any atom is -0.390 e. The summed E-state index contributed by atoms with van der Waals surface area (Å²) in [7, 11) is 0. The van der Waals surface area contributed by atoms with Crippen LogP contribution in [0.3, 0.4) is 0 Å². The fraction of sp³-hybridized carbons (Fsp3) is 1.00. The Bertz CT molecular complexity index is 152. The first kappa shape index (κ1) is 14.8. The predicted octanol–water partition coefficient (Wildman–Crippen LogP) is 1.30. The van der Waals surface area contributed by atoms with E-state index in [-0.39, 0.29) is 12.9 Å². The molecule has 1 aliphatic rings. The molecule has 4 heteroatoms. The molecule has 15 heavy (non-hydrogen) atoms. The van der Waals surface area contributed by atoms with Crippen LogP contribution in [-0.2, 0) is 9.47 Å². The summed E-state index contributed by atoms with van der Waals surface area (Å²) >= 11 is 0. The van der Waals surface area contributed by atoms with E-state index in [1.54, 1.807) is 0 Å². The van der Waals surface area contributed by atoms with E-state index in [1.807, 2.05) is 27.7 Å². The lowest BCUT2D eigenvalue weighted by atomic mass is 9.99. The van der Waals surface area contributed by atoms with Crippen molar-refractivity contribution < 1.29 is 19.7 Å². The Morgan fingerprint density at radius 2 is 1.87 bits per heavy atom. The summed E-state index contributed by atoms with van der Waals surface area (Å²) in [4.78, 5) is 0. The Kier molecular flexibility index (Phi) is 7.96. The van der Waals surface area contributed by atoms with Gasteiger partial charge in [-0.1, -0.05) is 27.7 Å². The molecule has 4 atom stereocenters. The van der Waals surface area contributed by atoms with Crippen molar-refractivity contribution in [3.63, 3.8) is 0 Å². The van der Waals surface area contributed by atoms with Crippen LogP contribution >= 0.6 is 0 Å². The van der Waals surface area contributed by atoms with Gasteiger partial charge in [0.25, 0.3) is 0 Å². The molecule has 0 aromatic heterocycles. The van der Waals surface area contributed by atoms with Crippen LogP contribution in [0.1, 0.15) is 40.5 Å². The first-order valence-electron chi connectivity index (χ1n) is 5.80. The number of hydrogen-bond donors (Lipinski definition) is 2. The first-order valence-corrected chi connectivity index (χ1v) is 5.80. The zero-order chi connectivity index (χ0) is 11.8. The van der Waals surface area contributed by atoms with Crippen LogP contribution in [0, 0.1) is 0 Å². The monoisotopic (exact) mass is 220 g/mol. The molecule has 1 fully saturated rings. The van der Waals surface area contributed by atoms with E-state index < -0.39 is 18.3 Å². The zero-order valence-corrected chi connectivity index (χ0v) is 10.1. The highest BCUT2D eigenvalue weighted by molar-refractivity contribution is 4.83. The van der Waals surface area contributed by atoms with Gasteiger partial charge in [0.1, 0.15) is 19.0 Å². The fourth-order valence-corrected chi connectivity index (χ4v) is 1.54. The summed E-state index contributed by atoms with van der Waals surface area (Å²) in [6, 6.07) is 0. The van der Waals surface area contributed by atoms with Gasteiger partial charge in [0.05, 0.1) is 12.2 Å². The lowest BCUT2D eigenvalue weighted by Crippen LogP contribution is -2.51. The number of ether oxygens (including phenoxy) is 2. The number of aliphatic hydroxyl groups is 2. The maximum absolute atomic E-state index is 9.72. The second kappa shape index (κ2) is 8.05. The molecule has 1 aliphatic heterocycles. The number of rotatable bonds is 3. The summed E-state index contributed by atoms with van der Waals surface area (Å²) in [5.41, 5.74) is 0. The molecule has 1 rings (SSSR count). The molecule has 0 aliphatic carbocycles. The number of hydrogen-bond acceptors (Lipinski definition) is 4. The van der Waals surface area contributed by atoms with Crippen LogP contribution < -0.4 is 0 Å². The van der Waals surface area contributed by atoms with Gasteiger partial charge < -0.3 is 19.7 Å². The van der Waals surface area contributed by atoms with Gasteiger partial charge in [0.15, 0.2) is 0 Å². The Morgan fingerprint density at radius 1 is 1.27 bits per heavy atom. The topological polar surface area (TPSA) is 58.9 Å². The zero-order valence-electron chi connectivity index (χ0n) is 10.1.